The van der Waals surface area contributed by atoms with Crippen molar-refractivity contribution < 1.29 is 9.90 Å². The van der Waals surface area contributed by atoms with Crippen LogP contribution < -0.4 is 0 Å². The van der Waals surface area contributed by atoms with Crippen molar-refractivity contribution in [3.8, 4) is 0 Å². The van der Waals surface area contributed by atoms with Crippen molar-refractivity contribution in [3.63, 3.8) is 0 Å². The molecule has 0 saturated carbocycles. The number of fused-ring (bicyclic) bond motifs is 1. The van der Waals surface area contributed by atoms with E-state index < -0.39 is 11.4 Å². The first-order valence-electron chi connectivity index (χ1n) is 7.30. The van der Waals surface area contributed by atoms with E-state index in [1.807, 2.05) is 6.92 Å². The number of aliphatic carboxylic acids is 1. The number of likely N-dealkylation sites (tertiary alicyclic amines) is 1. The van der Waals surface area contributed by atoms with Gasteiger partial charge in [0.2, 0.25) is 0 Å². The third kappa shape index (κ3) is 2.05. The van der Waals surface area contributed by atoms with E-state index in [1.165, 1.54) is 38.8 Å². The molecule has 0 amide bonds. The van der Waals surface area contributed by atoms with Crippen molar-refractivity contribution in [1.29, 1.82) is 0 Å². The van der Waals surface area contributed by atoms with E-state index in [-0.39, 0.29) is 0 Å². The summed E-state index contributed by atoms with van der Waals surface area (Å²) in [5.74, 6) is -0.622. The summed E-state index contributed by atoms with van der Waals surface area (Å²) in [5.41, 5.74) is -0.507. The lowest BCUT2D eigenvalue weighted by atomic mass is 9.90. The summed E-state index contributed by atoms with van der Waals surface area (Å²) in [5, 5.41) is 9.30. The summed E-state index contributed by atoms with van der Waals surface area (Å²) in [6.45, 7) is 6.12. The summed E-state index contributed by atoms with van der Waals surface area (Å²) < 4.78 is 0. The molecule has 3 rings (SSSR count). The van der Waals surface area contributed by atoms with Crippen molar-refractivity contribution in [2.24, 2.45) is 5.41 Å². The van der Waals surface area contributed by atoms with Crippen molar-refractivity contribution in [2.75, 3.05) is 26.2 Å². The molecule has 0 radical (unpaired) electrons. The fourth-order valence-electron chi connectivity index (χ4n) is 4.02. The second kappa shape index (κ2) is 4.49. The topological polar surface area (TPSA) is 43.8 Å². The van der Waals surface area contributed by atoms with E-state index in [4.69, 9.17) is 0 Å². The predicted octanol–water partition coefficient (Wildman–Crippen LogP) is 1.41. The molecular formula is C14H24N2O2. The minimum atomic E-state index is -0.622. The van der Waals surface area contributed by atoms with Gasteiger partial charge in [-0.2, -0.15) is 0 Å². The van der Waals surface area contributed by atoms with Crippen LogP contribution in [-0.4, -0.2) is 59.1 Å². The Morgan fingerprint density at radius 2 is 1.94 bits per heavy atom. The second-order valence-corrected chi connectivity index (χ2v) is 6.60. The molecule has 0 aromatic rings. The zero-order valence-corrected chi connectivity index (χ0v) is 11.3. The number of carboxylic acid groups (broad SMARTS) is 1. The van der Waals surface area contributed by atoms with E-state index in [0.29, 0.717) is 6.04 Å². The van der Waals surface area contributed by atoms with Gasteiger partial charge in [-0.1, -0.05) is 0 Å². The van der Waals surface area contributed by atoms with Gasteiger partial charge in [-0.05, 0) is 58.7 Å². The van der Waals surface area contributed by atoms with Crippen molar-refractivity contribution >= 4 is 5.97 Å². The smallest absolute Gasteiger partial charge is 0.310 e. The van der Waals surface area contributed by atoms with E-state index in [2.05, 4.69) is 9.80 Å². The molecule has 3 saturated heterocycles. The van der Waals surface area contributed by atoms with Gasteiger partial charge in [0.15, 0.2) is 0 Å². The van der Waals surface area contributed by atoms with Crippen molar-refractivity contribution in [3.05, 3.63) is 0 Å². The first-order chi connectivity index (χ1) is 8.58. The second-order valence-electron chi connectivity index (χ2n) is 6.60. The Hall–Kier alpha value is -0.610. The lowest BCUT2D eigenvalue weighted by Gasteiger charge is -2.39. The molecule has 1 N–H and O–H groups in total. The van der Waals surface area contributed by atoms with Gasteiger partial charge < -0.3 is 10.0 Å². The van der Waals surface area contributed by atoms with Crippen LogP contribution in [0.4, 0.5) is 0 Å². The Morgan fingerprint density at radius 3 is 2.67 bits per heavy atom. The molecule has 3 aliphatic heterocycles. The van der Waals surface area contributed by atoms with Gasteiger partial charge in [0.05, 0.1) is 5.41 Å². The van der Waals surface area contributed by atoms with Gasteiger partial charge in [0.1, 0.15) is 0 Å². The molecule has 0 aliphatic carbocycles. The largest absolute Gasteiger partial charge is 0.481 e. The standard InChI is InChI=1S/C14H24N2O2/c1-14(13(17)18)5-8-16(10-14)12-4-7-15-6-2-3-11(15)9-12/h11-12H,2-10H2,1H3,(H,17,18). The summed E-state index contributed by atoms with van der Waals surface area (Å²) in [6, 6.07) is 1.41. The van der Waals surface area contributed by atoms with Crippen LogP contribution in [0.2, 0.25) is 0 Å². The molecule has 3 heterocycles. The molecule has 102 valence electrons. The third-order valence-electron chi connectivity index (χ3n) is 5.33. The number of piperidine rings is 1. The fourth-order valence-corrected chi connectivity index (χ4v) is 4.02. The summed E-state index contributed by atoms with van der Waals surface area (Å²) in [4.78, 5) is 16.4. The molecule has 0 bridgehead atoms. The first kappa shape index (κ1) is 12.4. The quantitative estimate of drug-likeness (QED) is 0.807. The molecule has 4 nitrogen and oxygen atoms in total. The normalized spacial score (nSPS) is 42.1. The van der Waals surface area contributed by atoms with Crippen LogP contribution in [0.3, 0.4) is 0 Å². The van der Waals surface area contributed by atoms with Crippen molar-refractivity contribution in [1.82, 2.24) is 9.80 Å². The van der Waals surface area contributed by atoms with E-state index >= 15 is 0 Å². The Morgan fingerprint density at radius 1 is 1.17 bits per heavy atom. The Labute approximate surface area is 109 Å². The minimum Gasteiger partial charge on any atom is -0.481 e. The molecule has 4 heteroatoms. The molecule has 0 aromatic heterocycles. The molecule has 18 heavy (non-hydrogen) atoms. The molecule has 3 fully saturated rings. The van der Waals surface area contributed by atoms with Gasteiger partial charge in [-0.15, -0.1) is 0 Å². The zero-order valence-electron chi connectivity index (χ0n) is 11.3. The summed E-state index contributed by atoms with van der Waals surface area (Å²) in [7, 11) is 0. The number of nitrogens with zero attached hydrogens (tertiary/aromatic N) is 2. The number of carbonyl (C=O) groups is 1. The molecule has 3 unspecified atom stereocenters. The predicted molar refractivity (Wildman–Crippen MR) is 69.5 cm³/mol. The van der Waals surface area contributed by atoms with Crippen LogP contribution in [0.5, 0.6) is 0 Å². The molecular weight excluding hydrogens is 228 g/mol. The SMILES string of the molecule is CC1(C(=O)O)CCN(C2CCN3CCCC3C2)C1. The van der Waals surface area contributed by atoms with Gasteiger partial charge >= 0.3 is 5.97 Å². The Bertz CT molecular complexity index is 347. The van der Waals surface area contributed by atoms with Crippen molar-refractivity contribution in [2.45, 2.75) is 51.1 Å². The maximum absolute atomic E-state index is 11.3. The molecule has 0 spiro atoms. The highest BCUT2D eigenvalue weighted by Gasteiger charge is 2.44. The minimum absolute atomic E-state index is 0.507. The molecule has 3 atom stereocenters. The van der Waals surface area contributed by atoms with Gasteiger partial charge in [0.25, 0.3) is 0 Å². The summed E-state index contributed by atoms with van der Waals surface area (Å²) >= 11 is 0. The number of hydrogen-bond donors (Lipinski definition) is 1. The first-order valence-corrected chi connectivity index (χ1v) is 7.30. The highest BCUT2D eigenvalue weighted by molar-refractivity contribution is 5.74. The monoisotopic (exact) mass is 252 g/mol. The average Bonchev–Trinajstić information content (AvgIpc) is 2.95. The fraction of sp³-hybridized carbons (Fsp3) is 0.929. The van der Waals surface area contributed by atoms with Gasteiger partial charge in [-0.3, -0.25) is 9.69 Å². The zero-order chi connectivity index (χ0) is 12.8. The molecule has 0 aromatic carbocycles. The number of carboxylic acids is 1. The average molecular weight is 252 g/mol. The van der Waals surface area contributed by atoms with Crippen LogP contribution in [0.15, 0.2) is 0 Å². The maximum Gasteiger partial charge on any atom is 0.310 e. The Kier molecular flexibility index (Phi) is 3.10. The lowest BCUT2D eigenvalue weighted by Crippen LogP contribution is -2.47. The maximum atomic E-state index is 11.3. The third-order valence-corrected chi connectivity index (χ3v) is 5.33. The van der Waals surface area contributed by atoms with Crippen LogP contribution in [0.25, 0.3) is 0 Å². The van der Waals surface area contributed by atoms with Crippen LogP contribution in [-0.2, 0) is 4.79 Å². The van der Waals surface area contributed by atoms with E-state index in [9.17, 15) is 9.90 Å². The number of rotatable bonds is 2. The highest BCUT2D eigenvalue weighted by Crippen LogP contribution is 2.36. The van der Waals surface area contributed by atoms with Gasteiger partial charge in [-0.25, -0.2) is 0 Å². The van der Waals surface area contributed by atoms with Crippen LogP contribution in [0.1, 0.15) is 39.0 Å². The Balaban J connectivity index is 1.61. The van der Waals surface area contributed by atoms with Crippen LogP contribution >= 0.6 is 0 Å². The van der Waals surface area contributed by atoms with E-state index in [0.717, 1.165) is 25.6 Å². The van der Waals surface area contributed by atoms with Crippen LogP contribution in [0, 0.1) is 5.41 Å². The summed E-state index contributed by atoms with van der Waals surface area (Å²) in [6.07, 6.45) is 6.00. The highest BCUT2D eigenvalue weighted by atomic mass is 16.4. The van der Waals surface area contributed by atoms with E-state index in [1.54, 1.807) is 0 Å². The molecule has 3 aliphatic rings. The lowest BCUT2D eigenvalue weighted by molar-refractivity contribution is -0.147. The van der Waals surface area contributed by atoms with Gasteiger partial charge in [0, 0.05) is 18.6 Å². The number of hydrogen-bond acceptors (Lipinski definition) is 3.